The molecule has 1 amide bonds. The highest BCUT2D eigenvalue weighted by molar-refractivity contribution is 5.75. The molecule has 18 heavy (non-hydrogen) atoms. The van der Waals surface area contributed by atoms with Crippen molar-refractivity contribution in [2.45, 2.75) is 45.6 Å². The summed E-state index contributed by atoms with van der Waals surface area (Å²) in [6.07, 6.45) is 4.48. The zero-order valence-electron chi connectivity index (χ0n) is 12.2. The Kier molecular flexibility index (Phi) is 7.28. The Morgan fingerprint density at radius 1 is 1.39 bits per heavy atom. The average molecular weight is 255 g/mol. The Hall–Kier alpha value is -0.610. The molecule has 2 N–H and O–H groups in total. The lowest BCUT2D eigenvalue weighted by atomic mass is 10.0. The molecule has 106 valence electrons. The fraction of sp³-hybridized carbons (Fsp3) is 0.929. The molecule has 1 rings (SSSR count). The van der Waals surface area contributed by atoms with Gasteiger partial charge in [-0.2, -0.15) is 0 Å². The van der Waals surface area contributed by atoms with Gasteiger partial charge in [-0.15, -0.1) is 0 Å². The molecule has 0 aromatic heterocycles. The number of rotatable bonds is 7. The summed E-state index contributed by atoms with van der Waals surface area (Å²) in [6.45, 7) is 8.65. The van der Waals surface area contributed by atoms with Crippen LogP contribution < -0.4 is 10.6 Å². The first-order valence-corrected chi connectivity index (χ1v) is 7.28. The summed E-state index contributed by atoms with van der Waals surface area (Å²) >= 11 is 0. The molecule has 4 heteroatoms. The van der Waals surface area contributed by atoms with E-state index in [2.05, 4.69) is 29.4 Å². The molecule has 1 heterocycles. The summed E-state index contributed by atoms with van der Waals surface area (Å²) in [5.74, 6) is 0.849. The normalized spacial score (nSPS) is 21.2. The number of hydrogen-bond acceptors (Lipinski definition) is 3. The van der Waals surface area contributed by atoms with Gasteiger partial charge in [-0.3, -0.25) is 9.69 Å². The topological polar surface area (TPSA) is 44.4 Å². The third kappa shape index (κ3) is 5.83. The van der Waals surface area contributed by atoms with E-state index in [4.69, 9.17) is 0 Å². The quantitative estimate of drug-likeness (QED) is 0.719. The van der Waals surface area contributed by atoms with E-state index in [-0.39, 0.29) is 5.91 Å². The van der Waals surface area contributed by atoms with Crippen molar-refractivity contribution in [3.05, 3.63) is 0 Å². The van der Waals surface area contributed by atoms with Crippen LogP contribution in [0.1, 0.15) is 39.5 Å². The number of hydrogen-bond donors (Lipinski definition) is 2. The summed E-state index contributed by atoms with van der Waals surface area (Å²) in [4.78, 5) is 13.8. The lowest BCUT2D eigenvalue weighted by molar-refractivity contribution is -0.121. The van der Waals surface area contributed by atoms with E-state index < -0.39 is 0 Å². The standard InChI is InChI=1S/C14H29N3O/c1-12(2)10-16-11-13-6-4-5-8-17(13)9-7-14(18)15-3/h12-13,16H,4-11H2,1-3H3,(H,15,18). The van der Waals surface area contributed by atoms with Crippen LogP contribution in [-0.2, 0) is 4.79 Å². The van der Waals surface area contributed by atoms with E-state index in [0.29, 0.717) is 18.4 Å². The maximum atomic E-state index is 11.3. The van der Waals surface area contributed by atoms with Gasteiger partial charge in [-0.25, -0.2) is 0 Å². The van der Waals surface area contributed by atoms with Gasteiger partial charge in [0, 0.05) is 32.6 Å². The van der Waals surface area contributed by atoms with Crippen molar-refractivity contribution < 1.29 is 4.79 Å². The number of amides is 1. The van der Waals surface area contributed by atoms with Gasteiger partial charge in [0.2, 0.25) is 5.91 Å². The molecule has 1 atom stereocenters. The molecule has 1 fully saturated rings. The second-order valence-electron chi connectivity index (χ2n) is 5.66. The van der Waals surface area contributed by atoms with E-state index in [1.165, 1.54) is 19.3 Å². The Balaban J connectivity index is 2.29. The van der Waals surface area contributed by atoms with Crippen LogP contribution in [0.3, 0.4) is 0 Å². The molecular weight excluding hydrogens is 226 g/mol. The Bertz CT molecular complexity index is 243. The van der Waals surface area contributed by atoms with Crippen molar-refractivity contribution >= 4 is 5.91 Å². The van der Waals surface area contributed by atoms with Crippen LogP contribution >= 0.6 is 0 Å². The molecule has 4 nitrogen and oxygen atoms in total. The zero-order chi connectivity index (χ0) is 13.4. The molecule has 0 aliphatic carbocycles. The lowest BCUT2D eigenvalue weighted by Gasteiger charge is -2.36. The van der Waals surface area contributed by atoms with E-state index in [0.717, 1.165) is 26.2 Å². The number of carbonyl (C=O) groups is 1. The molecule has 1 unspecified atom stereocenters. The van der Waals surface area contributed by atoms with Gasteiger partial charge in [0.15, 0.2) is 0 Å². The van der Waals surface area contributed by atoms with Crippen molar-refractivity contribution in [2.24, 2.45) is 5.92 Å². The smallest absolute Gasteiger partial charge is 0.221 e. The predicted molar refractivity (Wildman–Crippen MR) is 75.6 cm³/mol. The van der Waals surface area contributed by atoms with Gasteiger partial charge in [0.05, 0.1) is 0 Å². The van der Waals surface area contributed by atoms with Gasteiger partial charge in [-0.1, -0.05) is 20.3 Å². The average Bonchev–Trinajstić information content (AvgIpc) is 2.36. The van der Waals surface area contributed by atoms with Crippen molar-refractivity contribution in [1.29, 1.82) is 0 Å². The second kappa shape index (κ2) is 8.48. The fourth-order valence-corrected chi connectivity index (χ4v) is 2.49. The second-order valence-corrected chi connectivity index (χ2v) is 5.66. The summed E-state index contributed by atoms with van der Waals surface area (Å²) < 4.78 is 0. The summed E-state index contributed by atoms with van der Waals surface area (Å²) in [6, 6.07) is 0.613. The van der Waals surface area contributed by atoms with Crippen LogP contribution in [0.4, 0.5) is 0 Å². The third-order valence-corrected chi connectivity index (χ3v) is 3.59. The van der Waals surface area contributed by atoms with Crippen LogP contribution in [0, 0.1) is 5.92 Å². The van der Waals surface area contributed by atoms with Crippen molar-refractivity contribution in [3.63, 3.8) is 0 Å². The maximum Gasteiger partial charge on any atom is 0.221 e. The molecule has 1 saturated heterocycles. The molecule has 0 aromatic rings. The molecule has 0 spiro atoms. The van der Waals surface area contributed by atoms with Crippen LogP contribution in [0.2, 0.25) is 0 Å². The van der Waals surface area contributed by atoms with Crippen LogP contribution in [0.25, 0.3) is 0 Å². The molecule has 1 aliphatic heterocycles. The van der Waals surface area contributed by atoms with Crippen LogP contribution in [0.5, 0.6) is 0 Å². The van der Waals surface area contributed by atoms with Gasteiger partial charge >= 0.3 is 0 Å². The molecule has 1 aliphatic rings. The highest BCUT2D eigenvalue weighted by atomic mass is 16.1. The van der Waals surface area contributed by atoms with Gasteiger partial charge < -0.3 is 10.6 Å². The summed E-state index contributed by atoms with van der Waals surface area (Å²) in [5.41, 5.74) is 0. The van der Waals surface area contributed by atoms with Crippen LogP contribution in [-0.4, -0.2) is 50.1 Å². The van der Waals surface area contributed by atoms with E-state index in [1.807, 2.05) is 0 Å². The molecule has 0 saturated carbocycles. The number of piperidine rings is 1. The SMILES string of the molecule is CNC(=O)CCN1CCCCC1CNCC(C)C. The Morgan fingerprint density at radius 3 is 2.83 bits per heavy atom. The number of carbonyl (C=O) groups excluding carboxylic acids is 1. The highest BCUT2D eigenvalue weighted by Gasteiger charge is 2.22. The molecule has 0 bridgehead atoms. The van der Waals surface area contributed by atoms with Gasteiger partial charge in [0.1, 0.15) is 0 Å². The first kappa shape index (κ1) is 15.4. The minimum Gasteiger partial charge on any atom is -0.359 e. The van der Waals surface area contributed by atoms with Crippen molar-refractivity contribution in [1.82, 2.24) is 15.5 Å². The molecular formula is C14H29N3O. The Morgan fingerprint density at radius 2 is 2.17 bits per heavy atom. The van der Waals surface area contributed by atoms with Crippen molar-refractivity contribution in [2.75, 3.05) is 33.2 Å². The predicted octanol–water partition coefficient (Wildman–Crippen LogP) is 1.22. The largest absolute Gasteiger partial charge is 0.359 e. The van der Waals surface area contributed by atoms with E-state index in [9.17, 15) is 4.79 Å². The Labute approximate surface area is 111 Å². The van der Waals surface area contributed by atoms with Gasteiger partial charge in [-0.05, 0) is 31.8 Å². The maximum absolute atomic E-state index is 11.3. The number of nitrogens with zero attached hydrogens (tertiary/aromatic N) is 1. The lowest BCUT2D eigenvalue weighted by Crippen LogP contribution is -2.47. The number of nitrogens with one attached hydrogen (secondary N) is 2. The monoisotopic (exact) mass is 255 g/mol. The van der Waals surface area contributed by atoms with E-state index in [1.54, 1.807) is 7.05 Å². The molecule has 0 radical (unpaired) electrons. The summed E-state index contributed by atoms with van der Waals surface area (Å²) in [5, 5.41) is 6.24. The first-order chi connectivity index (χ1) is 8.63. The minimum absolute atomic E-state index is 0.148. The first-order valence-electron chi connectivity index (χ1n) is 7.28. The zero-order valence-corrected chi connectivity index (χ0v) is 12.2. The minimum atomic E-state index is 0.148. The molecule has 0 aromatic carbocycles. The summed E-state index contributed by atoms with van der Waals surface area (Å²) in [7, 11) is 1.71. The van der Waals surface area contributed by atoms with E-state index >= 15 is 0 Å². The third-order valence-electron chi connectivity index (χ3n) is 3.59. The van der Waals surface area contributed by atoms with Gasteiger partial charge in [0.25, 0.3) is 0 Å². The number of likely N-dealkylation sites (tertiary alicyclic amines) is 1. The van der Waals surface area contributed by atoms with Crippen molar-refractivity contribution in [3.8, 4) is 0 Å². The van der Waals surface area contributed by atoms with Crippen LogP contribution in [0.15, 0.2) is 0 Å². The highest BCUT2D eigenvalue weighted by Crippen LogP contribution is 2.16. The fourth-order valence-electron chi connectivity index (χ4n) is 2.49.